The molecule has 0 aromatic heterocycles. The first kappa shape index (κ1) is 15.6. The minimum atomic E-state index is -3.09. The number of benzene rings is 1. The molecule has 0 saturated heterocycles. The van der Waals surface area contributed by atoms with E-state index in [0.717, 1.165) is 6.26 Å². The van der Waals surface area contributed by atoms with Crippen LogP contribution in [0, 0.1) is 11.7 Å². The maximum Gasteiger partial charge on any atom is 0.306 e. The van der Waals surface area contributed by atoms with Crippen LogP contribution in [0.5, 0.6) is 0 Å². The zero-order valence-corrected chi connectivity index (χ0v) is 11.5. The van der Waals surface area contributed by atoms with Crippen LogP contribution in [0.2, 0.25) is 0 Å². The van der Waals surface area contributed by atoms with Crippen molar-refractivity contribution in [2.24, 2.45) is 5.92 Å². The van der Waals surface area contributed by atoms with Gasteiger partial charge in [0, 0.05) is 12.0 Å². The van der Waals surface area contributed by atoms with Gasteiger partial charge in [0.1, 0.15) is 15.7 Å². The van der Waals surface area contributed by atoms with Crippen molar-refractivity contribution in [3.05, 3.63) is 35.6 Å². The molecule has 4 nitrogen and oxygen atoms in total. The van der Waals surface area contributed by atoms with Crippen LogP contribution in [0.25, 0.3) is 0 Å². The minimum Gasteiger partial charge on any atom is -0.481 e. The van der Waals surface area contributed by atoms with Gasteiger partial charge in [0.25, 0.3) is 0 Å². The first-order valence-electron chi connectivity index (χ1n) is 5.93. The number of carboxylic acid groups (broad SMARTS) is 1. The van der Waals surface area contributed by atoms with Crippen molar-refractivity contribution in [1.29, 1.82) is 0 Å². The number of carboxylic acids is 1. The standard InChI is InChI=1S/C13H17FO4S/c1-19(17,18)8-4-6-11(13(15)16)9-10-5-2-3-7-12(10)14/h2-3,5,7,11H,4,6,8-9H2,1H3,(H,15,16). The van der Waals surface area contributed by atoms with Crippen LogP contribution in [0.15, 0.2) is 24.3 Å². The van der Waals surface area contributed by atoms with Gasteiger partial charge in [-0.1, -0.05) is 18.2 Å². The second-order valence-corrected chi connectivity index (χ2v) is 6.86. The first-order chi connectivity index (χ1) is 8.79. The molecule has 0 heterocycles. The van der Waals surface area contributed by atoms with E-state index >= 15 is 0 Å². The molecule has 1 atom stereocenters. The lowest BCUT2D eigenvalue weighted by atomic mass is 9.95. The number of aliphatic carboxylic acids is 1. The van der Waals surface area contributed by atoms with E-state index in [9.17, 15) is 17.6 Å². The molecule has 0 aliphatic rings. The maximum absolute atomic E-state index is 13.4. The first-order valence-corrected chi connectivity index (χ1v) is 7.99. The topological polar surface area (TPSA) is 71.4 Å². The highest BCUT2D eigenvalue weighted by molar-refractivity contribution is 7.90. The van der Waals surface area contributed by atoms with Crippen LogP contribution >= 0.6 is 0 Å². The third kappa shape index (κ3) is 5.83. The predicted octanol–water partition coefficient (Wildman–Crippen LogP) is 1.89. The number of carbonyl (C=O) groups is 1. The largest absolute Gasteiger partial charge is 0.481 e. The molecule has 19 heavy (non-hydrogen) atoms. The highest BCUT2D eigenvalue weighted by atomic mass is 32.2. The van der Waals surface area contributed by atoms with Gasteiger partial charge in [0.15, 0.2) is 0 Å². The summed E-state index contributed by atoms with van der Waals surface area (Å²) in [7, 11) is -3.09. The van der Waals surface area contributed by atoms with Gasteiger partial charge in [-0.3, -0.25) is 4.79 Å². The molecule has 0 radical (unpaired) electrons. The minimum absolute atomic E-state index is 0.0476. The van der Waals surface area contributed by atoms with Gasteiger partial charge in [-0.15, -0.1) is 0 Å². The molecule has 1 unspecified atom stereocenters. The van der Waals surface area contributed by atoms with Gasteiger partial charge in [-0.05, 0) is 30.9 Å². The van der Waals surface area contributed by atoms with E-state index in [1.54, 1.807) is 12.1 Å². The normalized spacial score (nSPS) is 13.2. The number of halogens is 1. The van der Waals surface area contributed by atoms with Gasteiger partial charge in [-0.2, -0.15) is 0 Å². The van der Waals surface area contributed by atoms with E-state index in [-0.39, 0.29) is 25.0 Å². The lowest BCUT2D eigenvalue weighted by Gasteiger charge is -2.12. The third-order valence-electron chi connectivity index (χ3n) is 2.84. The van der Waals surface area contributed by atoms with E-state index in [4.69, 9.17) is 5.11 Å². The maximum atomic E-state index is 13.4. The van der Waals surface area contributed by atoms with Crippen LogP contribution in [-0.4, -0.2) is 31.5 Å². The van der Waals surface area contributed by atoms with Crippen LogP contribution in [0.1, 0.15) is 18.4 Å². The van der Waals surface area contributed by atoms with Crippen LogP contribution < -0.4 is 0 Å². The van der Waals surface area contributed by atoms with E-state index in [1.807, 2.05) is 0 Å². The summed E-state index contributed by atoms with van der Waals surface area (Å²) in [5.74, 6) is -2.28. The molecule has 106 valence electrons. The summed E-state index contributed by atoms with van der Waals surface area (Å²) < 4.78 is 35.4. The Balaban J connectivity index is 2.64. The fraction of sp³-hybridized carbons (Fsp3) is 0.462. The van der Waals surface area contributed by atoms with Crippen LogP contribution in [-0.2, 0) is 21.1 Å². The lowest BCUT2D eigenvalue weighted by molar-refractivity contribution is -0.141. The van der Waals surface area contributed by atoms with Gasteiger partial charge in [0.2, 0.25) is 0 Å². The summed E-state index contributed by atoms with van der Waals surface area (Å²) in [6, 6.07) is 6.01. The van der Waals surface area contributed by atoms with Crippen molar-refractivity contribution in [3.63, 3.8) is 0 Å². The Labute approximate surface area is 112 Å². The molecule has 0 aliphatic heterocycles. The number of hydrogen-bond donors (Lipinski definition) is 1. The highest BCUT2D eigenvalue weighted by Gasteiger charge is 2.20. The highest BCUT2D eigenvalue weighted by Crippen LogP contribution is 2.17. The molecule has 0 aliphatic carbocycles. The van der Waals surface area contributed by atoms with E-state index in [1.165, 1.54) is 12.1 Å². The Morgan fingerprint density at radius 3 is 2.53 bits per heavy atom. The van der Waals surface area contributed by atoms with Crippen LogP contribution in [0.4, 0.5) is 4.39 Å². The third-order valence-corrected chi connectivity index (χ3v) is 3.87. The molecule has 1 rings (SSSR count). The van der Waals surface area contributed by atoms with Crippen molar-refractivity contribution < 1.29 is 22.7 Å². The number of hydrogen-bond acceptors (Lipinski definition) is 3. The Morgan fingerprint density at radius 2 is 2.00 bits per heavy atom. The summed E-state index contributed by atoms with van der Waals surface area (Å²) >= 11 is 0. The fourth-order valence-electron chi connectivity index (χ4n) is 1.83. The lowest BCUT2D eigenvalue weighted by Crippen LogP contribution is -2.18. The number of sulfone groups is 1. The van der Waals surface area contributed by atoms with E-state index < -0.39 is 27.5 Å². The Kier molecular flexibility index (Phi) is 5.47. The zero-order valence-electron chi connectivity index (χ0n) is 10.7. The molecule has 0 saturated carbocycles. The summed E-state index contributed by atoms with van der Waals surface area (Å²) in [6.45, 7) is 0. The van der Waals surface area contributed by atoms with Gasteiger partial charge >= 0.3 is 5.97 Å². The molecule has 0 amide bonds. The zero-order chi connectivity index (χ0) is 14.5. The summed E-state index contributed by atoms with van der Waals surface area (Å²) in [4.78, 5) is 11.1. The van der Waals surface area contributed by atoms with Gasteiger partial charge in [0.05, 0.1) is 5.92 Å². The average molecular weight is 288 g/mol. The Hall–Kier alpha value is -1.43. The van der Waals surface area contributed by atoms with Gasteiger partial charge < -0.3 is 5.11 Å². The second kappa shape index (κ2) is 6.65. The SMILES string of the molecule is CS(=O)(=O)CCCC(Cc1ccccc1F)C(=O)O. The second-order valence-electron chi connectivity index (χ2n) is 4.60. The van der Waals surface area contributed by atoms with Gasteiger partial charge in [-0.25, -0.2) is 12.8 Å². The monoisotopic (exact) mass is 288 g/mol. The van der Waals surface area contributed by atoms with Crippen molar-refractivity contribution in [2.45, 2.75) is 19.3 Å². The number of rotatable bonds is 7. The Morgan fingerprint density at radius 1 is 1.37 bits per heavy atom. The van der Waals surface area contributed by atoms with Crippen molar-refractivity contribution in [2.75, 3.05) is 12.0 Å². The van der Waals surface area contributed by atoms with Crippen molar-refractivity contribution in [1.82, 2.24) is 0 Å². The van der Waals surface area contributed by atoms with Crippen molar-refractivity contribution >= 4 is 15.8 Å². The quantitative estimate of drug-likeness (QED) is 0.831. The summed E-state index contributed by atoms with van der Waals surface area (Å²) in [5, 5.41) is 9.08. The summed E-state index contributed by atoms with van der Waals surface area (Å²) in [6.07, 6.45) is 1.67. The summed E-state index contributed by atoms with van der Waals surface area (Å²) in [5.41, 5.74) is 0.342. The molecule has 1 N–H and O–H groups in total. The molecule has 6 heteroatoms. The average Bonchev–Trinajstić information content (AvgIpc) is 2.28. The van der Waals surface area contributed by atoms with Crippen LogP contribution in [0.3, 0.4) is 0 Å². The Bertz CT molecular complexity index is 539. The molecular weight excluding hydrogens is 271 g/mol. The predicted molar refractivity (Wildman–Crippen MR) is 70.2 cm³/mol. The molecule has 0 spiro atoms. The van der Waals surface area contributed by atoms with E-state index in [0.29, 0.717) is 5.56 Å². The molecular formula is C13H17FO4S. The smallest absolute Gasteiger partial charge is 0.306 e. The fourth-order valence-corrected chi connectivity index (χ4v) is 2.53. The van der Waals surface area contributed by atoms with Crippen molar-refractivity contribution in [3.8, 4) is 0 Å². The molecule has 0 fully saturated rings. The molecule has 1 aromatic carbocycles. The van der Waals surface area contributed by atoms with E-state index in [2.05, 4.69) is 0 Å². The molecule has 0 bridgehead atoms. The molecule has 1 aromatic rings.